The number of amides is 1. The van der Waals surface area contributed by atoms with Crippen molar-refractivity contribution in [1.29, 1.82) is 0 Å². The zero-order valence-electron chi connectivity index (χ0n) is 13.4. The van der Waals surface area contributed by atoms with E-state index in [2.05, 4.69) is 4.98 Å². The molecule has 1 aromatic carbocycles. The fourth-order valence-corrected chi connectivity index (χ4v) is 2.95. The molecule has 0 aliphatic heterocycles. The summed E-state index contributed by atoms with van der Waals surface area (Å²) in [5.41, 5.74) is 4.26. The van der Waals surface area contributed by atoms with Gasteiger partial charge in [0.25, 0.3) is 5.91 Å². The first-order valence-electron chi connectivity index (χ1n) is 7.49. The Morgan fingerprint density at radius 3 is 2.52 bits per heavy atom. The predicted molar refractivity (Wildman–Crippen MR) is 93.9 cm³/mol. The number of rotatable bonds is 3. The Labute approximate surface area is 140 Å². The molecule has 0 unspecified atom stereocenters. The van der Waals surface area contributed by atoms with Gasteiger partial charge in [-0.1, -0.05) is 23.7 Å². The van der Waals surface area contributed by atoms with Crippen molar-refractivity contribution in [3.05, 3.63) is 53.3 Å². The van der Waals surface area contributed by atoms with Crippen LogP contribution >= 0.6 is 11.6 Å². The van der Waals surface area contributed by atoms with Gasteiger partial charge in [0.2, 0.25) is 0 Å². The Hall–Kier alpha value is -2.33. The molecule has 3 rings (SSSR count). The second-order valence-electron chi connectivity index (χ2n) is 5.55. The van der Waals surface area contributed by atoms with Gasteiger partial charge in [0.1, 0.15) is 5.69 Å². The molecule has 0 fully saturated rings. The Kier molecular flexibility index (Phi) is 4.09. The number of aromatic nitrogens is 2. The molecule has 0 bridgehead atoms. The van der Waals surface area contributed by atoms with Gasteiger partial charge in [0, 0.05) is 37.4 Å². The minimum Gasteiger partial charge on any atom is -0.343 e. The summed E-state index contributed by atoms with van der Waals surface area (Å²) in [5, 5.41) is 0.668. The van der Waals surface area contributed by atoms with Gasteiger partial charge in [-0.3, -0.25) is 9.78 Å². The van der Waals surface area contributed by atoms with Crippen molar-refractivity contribution in [3.63, 3.8) is 0 Å². The average molecular weight is 328 g/mol. The molecule has 2 heterocycles. The van der Waals surface area contributed by atoms with E-state index in [0.29, 0.717) is 17.3 Å². The maximum atomic E-state index is 12.8. The van der Waals surface area contributed by atoms with E-state index < -0.39 is 0 Å². The molecule has 0 spiro atoms. The maximum absolute atomic E-state index is 12.8. The van der Waals surface area contributed by atoms with E-state index in [0.717, 1.165) is 22.2 Å². The molecule has 0 N–H and O–H groups in total. The fraction of sp³-hybridized carbons (Fsp3) is 0.222. The normalized spacial score (nSPS) is 11.0. The highest BCUT2D eigenvalue weighted by Crippen LogP contribution is 2.34. The van der Waals surface area contributed by atoms with Crippen molar-refractivity contribution in [1.82, 2.24) is 14.5 Å². The van der Waals surface area contributed by atoms with E-state index in [1.54, 1.807) is 25.2 Å². The summed E-state index contributed by atoms with van der Waals surface area (Å²) in [6, 6.07) is 11.4. The summed E-state index contributed by atoms with van der Waals surface area (Å²) >= 11 is 6.01. The summed E-state index contributed by atoms with van der Waals surface area (Å²) < 4.78 is 2.02. The smallest absolute Gasteiger partial charge is 0.270 e. The Morgan fingerprint density at radius 1 is 1.22 bits per heavy atom. The molecule has 23 heavy (non-hydrogen) atoms. The van der Waals surface area contributed by atoms with Crippen LogP contribution in [-0.2, 0) is 6.54 Å². The van der Waals surface area contributed by atoms with Crippen LogP contribution in [0.2, 0.25) is 5.02 Å². The lowest BCUT2D eigenvalue weighted by atomic mass is 10.0. The number of fused-ring (bicyclic) bond motifs is 1. The molecule has 0 saturated heterocycles. The van der Waals surface area contributed by atoms with Crippen LogP contribution in [0, 0.1) is 0 Å². The second kappa shape index (κ2) is 6.05. The monoisotopic (exact) mass is 327 g/mol. The topological polar surface area (TPSA) is 38.1 Å². The second-order valence-corrected chi connectivity index (χ2v) is 5.98. The lowest BCUT2D eigenvalue weighted by Gasteiger charge is -2.14. The standard InChI is InChI=1S/C18H18ClN3O/c1-4-22-14-6-5-11-20-16(14)15(17(22)18(23)21(2)3)12-7-9-13(19)10-8-12/h5-11H,4H2,1-3H3. The molecular formula is C18H18ClN3O. The Balaban J connectivity index is 2.40. The van der Waals surface area contributed by atoms with Crippen LogP contribution in [-0.4, -0.2) is 34.5 Å². The molecule has 0 radical (unpaired) electrons. The van der Waals surface area contributed by atoms with Crippen LogP contribution in [0.15, 0.2) is 42.6 Å². The van der Waals surface area contributed by atoms with E-state index in [4.69, 9.17) is 11.6 Å². The summed E-state index contributed by atoms with van der Waals surface area (Å²) in [4.78, 5) is 18.9. The Bertz CT molecular complexity index is 866. The number of hydrogen-bond donors (Lipinski definition) is 0. The number of aryl methyl sites for hydroxylation is 1. The van der Waals surface area contributed by atoms with Crippen molar-refractivity contribution in [2.24, 2.45) is 0 Å². The van der Waals surface area contributed by atoms with Gasteiger partial charge in [0.15, 0.2) is 0 Å². The number of benzene rings is 1. The highest BCUT2D eigenvalue weighted by molar-refractivity contribution is 6.30. The zero-order chi connectivity index (χ0) is 16.6. The van der Waals surface area contributed by atoms with E-state index in [1.807, 2.05) is 47.9 Å². The van der Waals surface area contributed by atoms with Crippen molar-refractivity contribution in [3.8, 4) is 11.1 Å². The van der Waals surface area contributed by atoms with E-state index in [9.17, 15) is 4.79 Å². The van der Waals surface area contributed by atoms with Crippen LogP contribution in [0.5, 0.6) is 0 Å². The van der Waals surface area contributed by atoms with Gasteiger partial charge in [0.05, 0.1) is 11.0 Å². The molecular weight excluding hydrogens is 310 g/mol. The number of nitrogens with zero attached hydrogens (tertiary/aromatic N) is 3. The molecule has 0 aliphatic carbocycles. The minimum atomic E-state index is -0.0326. The molecule has 0 aliphatic rings. The largest absolute Gasteiger partial charge is 0.343 e. The van der Waals surface area contributed by atoms with Crippen molar-refractivity contribution in [2.45, 2.75) is 13.5 Å². The third-order valence-electron chi connectivity index (χ3n) is 3.88. The van der Waals surface area contributed by atoms with Gasteiger partial charge in [-0.05, 0) is 36.8 Å². The lowest BCUT2D eigenvalue weighted by Crippen LogP contribution is -2.25. The van der Waals surface area contributed by atoms with Gasteiger partial charge in [-0.25, -0.2) is 0 Å². The minimum absolute atomic E-state index is 0.0326. The van der Waals surface area contributed by atoms with Crippen molar-refractivity contribution >= 4 is 28.5 Å². The van der Waals surface area contributed by atoms with Crippen LogP contribution < -0.4 is 0 Å². The summed E-state index contributed by atoms with van der Waals surface area (Å²) in [6.45, 7) is 2.73. The van der Waals surface area contributed by atoms with Gasteiger partial charge < -0.3 is 9.47 Å². The summed E-state index contributed by atoms with van der Waals surface area (Å²) in [7, 11) is 3.53. The number of hydrogen-bond acceptors (Lipinski definition) is 2. The van der Waals surface area contributed by atoms with Crippen LogP contribution in [0.3, 0.4) is 0 Å². The van der Waals surface area contributed by atoms with Gasteiger partial charge in [-0.15, -0.1) is 0 Å². The van der Waals surface area contributed by atoms with E-state index in [-0.39, 0.29) is 5.91 Å². The highest BCUT2D eigenvalue weighted by atomic mass is 35.5. The first kappa shape index (κ1) is 15.6. The number of halogens is 1. The third kappa shape index (κ3) is 2.59. The molecule has 118 valence electrons. The number of carbonyl (C=O) groups excluding carboxylic acids is 1. The molecule has 3 aromatic rings. The zero-order valence-corrected chi connectivity index (χ0v) is 14.1. The molecule has 4 nitrogen and oxygen atoms in total. The fourth-order valence-electron chi connectivity index (χ4n) is 2.83. The molecule has 0 saturated carbocycles. The molecule has 0 atom stereocenters. The quantitative estimate of drug-likeness (QED) is 0.727. The van der Waals surface area contributed by atoms with Gasteiger partial charge in [-0.2, -0.15) is 0 Å². The Morgan fingerprint density at radius 2 is 1.91 bits per heavy atom. The van der Waals surface area contributed by atoms with Crippen molar-refractivity contribution < 1.29 is 4.79 Å². The number of carbonyl (C=O) groups is 1. The van der Waals surface area contributed by atoms with Crippen LogP contribution in [0.4, 0.5) is 0 Å². The van der Waals surface area contributed by atoms with Crippen LogP contribution in [0.25, 0.3) is 22.2 Å². The van der Waals surface area contributed by atoms with Gasteiger partial charge >= 0.3 is 0 Å². The maximum Gasteiger partial charge on any atom is 0.270 e. The molecule has 1 amide bonds. The summed E-state index contributed by atoms with van der Waals surface area (Å²) in [6.07, 6.45) is 1.76. The first-order chi connectivity index (χ1) is 11.0. The highest BCUT2D eigenvalue weighted by Gasteiger charge is 2.25. The van der Waals surface area contributed by atoms with E-state index in [1.165, 1.54) is 0 Å². The predicted octanol–water partition coefficient (Wildman–Crippen LogP) is 4.08. The number of pyridine rings is 1. The average Bonchev–Trinajstić information content (AvgIpc) is 2.89. The third-order valence-corrected chi connectivity index (χ3v) is 4.13. The van der Waals surface area contributed by atoms with Crippen LogP contribution in [0.1, 0.15) is 17.4 Å². The summed E-state index contributed by atoms with van der Waals surface area (Å²) in [5.74, 6) is -0.0326. The molecule has 2 aromatic heterocycles. The van der Waals surface area contributed by atoms with Crippen molar-refractivity contribution in [2.75, 3.05) is 14.1 Å². The molecule has 5 heteroatoms. The lowest BCUT2D eigenvalue weighted by molar-refractivity contribution is 0.0818. The first-order valence-corrected chi connectivity index (χ1v) is 7.87. The SMILES string of the molecule is CCn1c(C(=O)N(C)C)c(-c2ccc(Cl)cc2)c2ncccc21. The van der Waals surface area contributed by atoms with E-state index >= 15 is 0 Å².